The molecule has 0 fully saturated rings. The molecule has 4 nitrogen and oxygen atoms in total. The van der Waals surface area contributed by atoms with Crippen molar-refractivity contribution in [2.45, 2.75) is 12.5 Å². The lowest BCUT2D eigenvalue weighted by Gasteiger charge is -2.24. The van der Waals surface area contributed by atoms with Gasteiger partial charge in [-0.3, -0.25) is 4.79 Å². The van der Waals surface area contributed by atoms with Gasteiger partial charge in [-0.15, -0.1) is 0 Å². The number of fused-ring (bicyclic) bond motifs is 1. The summed E-state index contributed by atoms with van der Waals surface area (Å²) in [5.41, 5.74) is 1.58. The van der Waals surface area contributed by atoms with Crippen LogP contribution in [0.2, 0.25) is 10.0 Å². The zero-order valence-electron chi connectivity index (χ0n) is 11.3. The number of anilines is 1. The van der Waals surface area contributed by atoms with Crippen LogP contribution < -0.4 is 5.32 Å². The van der Waals surface area contributed by atoms with Gasteiger partial charge in [-0.25, -0.2) is 4.79 Å². The van der Waals surface area contributed by atoms with E-state index in [-0.39, 0.29) is 0 Å². The SMILES string of the molecule is O=C1O[C@@H](C(=O)Nc2c(Cl)cccc2Cl)Cc2ccccc21. The second-order valence-corrected chi connectivity index (χ2v) is 5.66. The van der Waals surface area contributed by atoms with Crippen molar-refractivity contribution in [2.75, 3.05) is 5.32 Å². The highest BCUT2D eigenvalue weighted by atomic mass is 35.5. The Hall–Kier alpha value is -2.04. The molecule has 112 valence electrons. The van der Waals surface area contributed by atoms with Gasteiger partial charge in [-0.2, -0.15) is 0 Å². The van der Waals surface area contributed by atoms with Gasteiger partial charge in [0, 0.05) is 6.42 Å². The number of carbonyl (C=O) groups excluding carboxylic acids is 2. The van der Waals surface area contributed by atoms with Crippen LogP contribution >= 0.6 is 23.2 Å². The molecule has 1 aliphatic heterocycles. The van der Waals surface area contributed by atoms with E-state index in [1.165, 1.54) is 0 Å². The van der Waals surface area contributed by atoms with E-state index in [1.54, 1.807) is 36.4 Å². The summed E-state index contributed by atoms with van der Waals surface area (Å²) < 4.78 is 5.19. The average Bonchev–Trinajstić information content (AvgIpc) is 2.51. The maximum absolute atomic E-state index is 12.3. The van der Waals surface area contributed by atoms with Gasteiger partial charge < -0.3 is 10.1 Å². The lowest BCUT2D eigenvalue weighted by Crippen LogP contribution is -2.38. The van der Waals surface area contributed by atoms with Crippen LogP contribution in [0.25, 0.3) is 0 Å². The van der Waals surface area contributed by atoms with Crippen molar-refractivity contribution in [1.82, 2.24) is 0 Å². The highest BCUT2D eigenvalue weighted by Crippen LogP contribution is 2.30. The fraction of sp³-hybridized carbons (Fsp3) is 0.125. The van der Waals surface area contributed by atoms with Gasteiger partial charge in [0.05, 0.1) is 21.3 Å². The van der Waals surface area contributed by atoms with Crippen LogP contribution in [0.5, 0.6) is 0 Å². The van der Waals surface area contributed by atoms with E-state index in [0.717, 1.165) is 5.56 Å². The lowest BCUT2D eigenvalue weighted by molar-refractivity contribution is -0.125. The van der Waals surface area contributed by atoms with E-state index in [0.29, 0.717) is 27.7 Å². The first-order valence-corrected chi connectivity index (χ1v) is 7.35. The Kier molecular flexibility index (Phi) is 4.05. The third-order valence-electron chi connectivity index (χ3n) is 3.40. The summed E-state index contributed by atoms with van der Waals surface area (Å²) in [6, 6.07) is 12.0. The van der Waals surface area contributed by atoms with Crippen molar-refractivity contribution in [3.05, 3.63) is 63.6 Å². The monoisotopic (exact) mass is 335 g/mol. The Labute approximate surface area is 137 Å². The number of halogens is 2. The zero-order chi connectivity index (χ0) is 15.7. The van der Waals surface area contributed by atoms with Crippen molar-refractivity contribution in [2.24, 2.45) is 0 Å². The van der Waals surface area contributed by atoms with Gasteiger partial charge in [0.1, 0.15) is 0 Å². The quantitative estimate of drug-likeness (QED) is 0.851. The number of nitrogens with one attached hydrogen (secondary N) is 1. The molecule has 3 rings (SSSR count). The Morgan fingerprint density at radius 1 is 1.09 bits per heavy atom. The third-order valence-corrected chi connectivity index (χ3v) is 4.03. The van der Waals surface area contributed by atoms with Gasteiger partial charge >= 0.3 is 5.97 Å². The Balaban J connectivity index is 1.81. The second-order valence-electron chi connectivity index (χ2n) is 4.84. The van der Waals surface area contributed by atoms with Crippen LogP contribution in [-0.2, 0) is 16.0 Å². The summed E-state index contributed by atoms with van der Waals surface area (Å²) >= 11 is 12.0. The lowest BCUT2D eigenvalue weighted by atomic mass is 9.98. The molecule has 2 aromatic rings. The summed E-state index contributed by atoms with van der Waals surface area (Å²) in [7, 11) is 0. The van der Waals surface area contributed by atoms with E-state index in [2.05, 4.69) is 5.32 Å². The second kappa shape index (κ2) is 5.99. The molecule has 1 aliphatic rings. The Bertz CT molecular complexity index is 741. The first-order chi connectivity index (χ1) is 10.6. The summed E-state index contributed by atoms with van der Waals surface area (Å²) in [4.78, 5) is 24.3. The van der Waals surface area contributed by atoms with E-state index < -0.39 is 18.0 Å². The molecule has 1 atom stereocenters. The third kappa shape index (κ3) is 2.80. The molecule has 0 bridgehead atoms. The molecule has 0 spiro atoms. The number of hydrogen-bond donors (Lipinski definition) is 1. The minimum absolute atomic E-state index is 0.311. The normalized spacial score (nSPS) is 16.6. The summed E-state index contributed by atoms with van der Waals surface area (Å²) in [5.74, 6) is -0.967. The van der Waals surface area contributed by atoms with Gasteiger partial charge in [-0.1, -0.05) is 47.5 Å². The molecule has 1 heterocycles. The van der Waals surface area contributed by atoms with Crippen LogP contribution in [0.4, 0.5) is 5.69 Å². The highest BCUT2D eigenvalue weighted by Gasteiger charge is 2.31. The molecule has 1 N–H and O–H groups in total. The molecule has 0 aromatic heterocycles. The minimum atomic E-state index is -0.908. The highest BCUT2D eigenvalue weighted by molar-refractivity contribution is 6.39. The predicted molar refractivity (Wildman–Crippen MR) is 84.4 cm³/mol. The number of hydrogen-bond acceptors (Lipinski definition) is 3. The predicted octanol–water partition coefficient (Wildman–Crippen LogP) is 3.71. The first kappa shape index (κ1) is 14.9. The molecule has 1 amide bonds. The summed E-state index contributed by atoms with van der Waals surface area (Å²) in [5, 5.41) is 3.26. The number of benzene rings is 2. The van der Waals surface area contributed by atoms with Crippen molar-refractivity contribution < 1.29 is 14.3 Å². The Morgan fingerprint density at radius 2 is 1.77 bits per heavy atom. The summed E-state index contributed by atoms with van der Waals surface area (Å²) in [6.45, 7) is 0. The number of rotatable bonds is 2. The van der Waals surface area contributed by atoms with Gasteiger partial charge in [0.15, 0.2) is 6.10 Å². The molecular weight excluding hydrogens is 325 g/mol. The van der Waals surface area contributed by atoms with E-state index >= 15 is 0 Å². The van der Waals surface area contributed by atoms with Crippen molar-refractivity contribution in [3.63, 3.8) is 0 Å². The molecule has 0 saturated heterocycles. The number of cyclic esters (lactones) is 1. The fourth-order valence-electron chi connectivity index (χ4n) is 2.30. The van der Waals surface area contributed by atoms with Crippen molar-refractivity contribution >= 4 is 40.8 Å². The first-order valence-electron chi connectivity index (χ1n) is 6.60. The molecule has 0 radical (unpaired) electrons. The molecule has 0 saturated carbocycles. The van der Waals surface area contributed by atoms with Crippen LogP contribution in [-0.4, -0.2) is 18.0 Å². The van der Waals surface area contributed by atoms with Gasteiger partial charge in [-0.05, 0) is 23.8 Å². The van der Waals surface area contributed by atoms with Crippen LogP contribution in [0, 0.1) is 0 Å². The van der Waals surface area contributed by atoms with E-state index in [4.69, 9.17) is 27.9 Å². The topological polar surface area (TPSA) is 55.4 Å². The van der Waals surface area contributed by atoms with Crippen molar-refractivity contribution in [3.8, 4) is 0 Å². The number of ether oxygens (including phenoxy) is 1. The fourth-order valence-corrected chi connectivity index (χ4v) is 2.79. The number of carbonyl (C=O) groups is 2. The molecule has 22 heavy (non-hydrogen) atoms. The summed E-state index contributed by atoms with van der Waals surface area (Å²) in [6.07, 6.45) is -0.592. The Morgan fingerprint density at radius 3 is 2.50 bits per heavy atom. The van der Waals surface area contributed by atoms with E-state index in [1.807, 2.05) is 6.07 Å². The molecular formula is C16H11Cl2NO3. The smallest absolute Gasteiger partial charge is 0.339 e. The maximum Gasteiger partial charge on any atom is 0.339 e. The van der Waals surface area contributed by atoms with Gasteiger partial charge in [0.25, 0.3) is 5.91 Å². The molecule has 2 aromatic carbocycles. The van der Waals surface area contributed by atoms with E-state index in [9.17, 15) is 9.59 Å². The standard InChI is InChI=1S/C16H11Cl2NO3/c17-11-6-3-7-12(18)14(11)19-15(20)13-8-9-4-1-2-5-10(9)16(21)22-13/h1-7,13H,8H2,(H,19,20)/t13-/m1/s1. The van der Waals surface area contributed by atoms with Crippen LogP contribution in [0.1, 0.15) is 15.9 Å². The number of amides is 1. The molecule has 0 unspecified atom stereocenters. The van der Waals surface area contributed by atoms with Crippen LogP contribution in [0.15, 0.2) is 42.5 Å². The largest absolute Gasteiger partial charge is 0.448 e. The molecule has 6 heteroatoms. The average molecular weight is 336 g/mol. The van der Waals surface area contributed by atoms with Gasteiger partial charge in [0.2, 0.25) is 0 Å². The minimum Gasteiger partial charge on any atom is -0.448 e. The maximum atomic E-state index is 12.3. The van der Waals surface area contributed by atoms with Crippen LogP contribution in [0.3, 0.4) is 0 Å². The zero-order valence-corrected chi connectivity index (χ0v) is 12.8. The van der Waals surface area contributed by atoms with Crippen molar-refractivity contribution in [1.29, 1.82) is 0 Å². The number of esters is 1. The molecule has 0 aliphatic carbocycles. The number of para-hydroxylation sites is 1.